The number of piperidine rings is 1. The van der Waals surface area contributed by atoms with E-state index in [0.29, 0.717) is 0 Å². The molecular weight excluding hydrogens is 192 g/mol. The standard InChI is InChI=1S/C11H20N2O2/c1-15-11(14)13-6-3-9-2-5-12-8-10(9)4-7-13/h9-10,12H,2-8H2,1H3. The molecule has 2 fully saturated rings. The molecule has 2 unspecified atom stereocenters. The summed E-state index contributed by atoms with van der Waals surface area (Å²) in [6, 6.07) is 0. The Morgan fingerprint density at radius 1 is 1.27 bits per heavy atom. The first kappa shape index (κ1) is 10.7. The van der Waals surface area contributed by atoms with Crippen molar-refractivity contribution in [1.29, 1.82) is 0 Å². The quantitative estimate of drug-likeness (QED) is 0.653. The fraction of sp³-hybridized carbons (Fsp3) is 0.909. The van der Waals surface area contributed by atoms with Crippen molar-refractivity contribution >= 4 is 6.09 Å². The van der Waals surface area contributed by atoms with Crippen molar-refractivity contribution < 1.29 is 9.53 Å². The molecule has 0 aromatic carbocycles. The van der Waals surface area contributed by atoms with Crippen LogP contribution in [-0.4, -0.2) is 44.3 Å². The summed E-state index contributed by atoms with van der Waals surface area (Å²) in [6.07, 6.45) is 3.36. The summed E-state index contributed by atoms with van der Waals surface area (Å²) in [5, 5.41) is 3.44. The molecule has 0 aromatic rings. The smallest absolute Gasteiger partial charge is 0.409 e. The second kappa shape index (κ2) is 4.84. The van der Waals surface area contributed by atoms with E-state index >= 15 is 0 Å². The molecule has 15 heavy (non-hydrogen) atoms. The fourth-order valence-electron chi connectivity index (χ4n) is 2.76. The van der Waals surface area contributed by atoms with Gasteiger partial charge in [-0.2, -0.15) is 0 Å². The summed E-state index contributed by atoms with van der Waals surface area (Å²) >= 11 is 0. The van der Waals surface area contributed by atoms with E-state index in [1.165, 1.54) is 13.5 Å². The molecule has 2 heterocycles. The number of hydrogen-bond donors (Lipinski definition) is 1. The summed E-state index contributed by atoms with van der Waals surface area (Å²) in [7, 11) is 1.46. The second-order valence-electron chi connectivity index (χ2n) is 4.55. The van der Waals surface area contributed by atoms with E-state index < -0.39 is 0 Å². The Morgan fingerprint density at radius 2 is 2.00 bits per heavy atom. The lowest BCUT2D eigenvalue weighted by molar-refractivity contribution is 0.124. The maximum atomic E-state index is 11.4. The predicted octanol–water partition coefficient (Wildman–Crippen LogP) is 1.07. The third-order valence-corrected chi connectivity index (χ3v) is 3.74. The molecule has 0 saturated carbocycles. The molecule has 0 aromatic heterocycles. The zero-order chi connectivity index (χ0) is 10.7. The average Bonchev–Trinajstić information content (AvgIpc) is 2.50. The molecule has 86 valence electrons. The molecule has 1 amide bonds. The van der Waals surface area contributed by atoms with Crippen LogP contribution in [0, 0.1) is 11.8 Å². The molecule has 2 rings (SSSR count). The van der Waals surface area contributed by atoms with Gasteiger partial charge in [0.1, 0.15) is 0 Å². The molecule has 0 bridgehead atoms. The topological polar surface area (TPSA) is 41.6 Å². The molecule has 4 heteroatoms. The van der Waals surface area contributed by atoms with E-state index in [9.17, 15) is 4.79 Å². The highest BCUT2D eigenvalue weighted by Crippen LogP contribution is 2.28. The Morgan fingerprint density at radius 3 is 2.73 bits per heavy atom. The number of amides is 1. The molecule has 2 aliphatic heterocycles. The lowest BCUT2D eigenvalue weighted by atomic mass is 9.83. The lowest BCUT2D eigenvalue weighted by Gasteiger charge is -2.29. The molecule has 4 nitrogen and oxygen atoms in total. The first-order valence-corrected chi connectivity index (χ1v) is 5.85. The van der Waals surface area contributed by atoms with Crippen LogP contribution in [0.15, 0.2) is 0 Å². The summed E-state index contributed by atoms with van der Waals surface area (Å²) in [4.78, 5) is 13.3. The van der Waals surface area contributed by atoms with Crippen molar-refractivity contribution in [2.45, 2.75) is 19.3 Å². The highest BCUT2D eigenvalue weighted by molar-refractivity contribution is 5.67. The maximum absolute atomic E-state index is 11.4. The van der Waals surface area contributed by atoms with Crippen LogP contribution in [-0.2, 0) is 4.74 Å². The number of ether oxygens (including phenoxy) is 1. The Hall–Kier alpha value is -0.770. The van der Waals surface area contributed by atoms with Gasteiger partial charge in [-0.05, 0) is 44.2 Å². The van der Waals surface area contributed by atoms with E-state index in [1.807, 2.05) is 4.90 Å². The minimum atomic E-state index is -0.165. The number of fused-ring (bicyclic) bond motifs is 1. The summed E-state index contributed by atoms with van der Waals surface area (Å²) in [5.41, 5.74) is 0. The normalized spacial score (nSPS) is 31.7. The first-order valence-electron chi connectivity index (χ1n) is 5.85. The minimum absolute atomic E-state index is 0.165. The Balaban J connectivity index is 1.93. The van der Waals surface area contributed by atoms with Gasteiger partial charge < -0.3 is 15.0 Å². The third-order valence-electron chi connectivity index (χ3n) is 3.74. The van der Waals surface area contributed by atoms with Crippen molar-refractivity contribution in [1.82, 2.24) is 10.2 Å². The van der Waals surface area contributed by atoms with E-state index in [1.54, 1.807) is 0 Å². The molecule has 1 N–H and O–H groups in total. The van der Waals surface area contributed by atoms with Gasteiger partial charge in [-0.15, -0.1) is 0 Å². The van der Waals surface area contributed by atoms with E-state index in [2.05, 4.69) is 5.32 Å². The number of hydrogen-bond acceptors (Lipinski definition) is 3. The van der Waals surface area contributed by atoms with Gasteiger partial charge >= 0.3 is 6.09 Å². The molecule has 2 saturated heterocycles. The van der Waals surface area contributed by atoms with E-state index in [-0.39, 0.29) is 6.09 Å². The number of nitrogens with zero attached hydrogens (tertiary/aromatic N) is 1. The number of likely N-dealkylation sites (tertiary alicyclic amines) is 1. The summed E-state index contributed by atoms with van der Waals surface area (Å²) in [5.74, 6) is 1.56. The molecule has 0 radical (unpaired) electrons. The minimum Gasteiger partial charge on any atom is -0.453 e. The SMILES string of the molecule is COC(=O)N1CCC2CCNCC2CC1. The largest absolute Gasteiger partial charge is 0.453 e. The second-order valence-corrected chi connectivity index (χ2v) is 4.55. The van der Waals surface area contributed by atoms with Crippen LogP contribution in [0.5, 0.6) is 0 Å². The monoisotopic (exact) mass is 212 g/mol. The zero-order valence-electron chi connectivity index (χ0n) is 9.37. The number of nitrogens with one attached hydrogen (secondary N) is 1. The van der Waals surface area contributed by atoms with Crippen LogP contribution in [0.4, 0.5) is 4.79 Å². The van der Waals surface area contributed by atoms with Crippen LogP contribution in [0.3, 0.4) is 0 Å². The third kappa shape index (κ3) is 2.43. The van der Waals surface area contributed by atoms with Crippen molar-refractivity contribution in [3.63, 3.8) is 0 Å². The van der Waals surface area contributed by atoms with Crippen LogP contribution in [0.1, 0.15) is 19.3 Å². The fourth-order valence-corrected chi connectivity index (χ4v) is 2.76. The highest BCUT2D eigenvalue weighted by Gasteiger charge is 2.29. The van der Waals surface area contributed by atoms with Gasteiger partial charge in [0.25, 0.3) is 0 Å². The Kier molecular flexibility index (Phi) is 3.46. The van der Waals surface area contributed by atoms with Crippen molar-refractivity contribution in [3.8, 4) is 0 Å². The number of carbonyl (C=O) groups excluding carboxylic acids is 1. The predicted molar refractivity (Wildman–Crippen MR) is 57.7 cm³/mol. The van der Waals surface area contributed by atoms with Gasteiger partial charge in [0, 0.05) is 13.1 Å². The van der Waals surface area contributed by atoms with Gasteiger partial charge in [0.05, 0.1) is 7.11 Å². The van der Waals surface area contributed by atoms with Crippen LogP contribution in [0.25, 0.3) is 0 Å². The van der Waals surface area contributed by atoms with Crippen LogP contribution < -0.4 is 5.32 Å². The van der Waals surface area contributed by atoms with Crippen LogP contribution >= 0.6 is 0 Å². The molecular formula is C11H20N2O2. The summed E-state index contributed by atoms with van der Waals surface area (Å²) in [6.45, 7) is 3.99. The molecule has 2 atom stereocenters. The van der Waals surface area contributed by atoms with Gasteiger partial charge in [0.15, 0.2) is 0 Å². The van der Waals surface area contributed by atoms with Crippen LogP contribution in [0.2, 0.25) is 0 Å². The Labute approximate surface area is 91.0 Å². The highest BCUT2D eigenvalue weighted by atomic mass is 16.5. The van der Waals surface area contributed by atoms with E-state index in [4.69, 9.17) is 4.74 Å². The molecule has 2 aliphatic rings. The van der Waals surface area contributed by atoms with Gasteiger partial charge in [-0.1, -0.05) is 0 Å². The summed E-state index contributed by atoms with van der Waals surface area (Å²) < 4.78 is 4.77. The van der Waals surface area contributed by atoms with Gasteiger partial charge in [0.2, 0.25) is 0 Å². The Bertz CT molecular complexity index is 217. The maximum Gasteiger partial charge on any atom is 0.409 e. The lowest BCUT2D eigenvalue weighted by Crippen LogP contribution is -2.36. The van der Waals surface area contributed by atoms with Crippen molar-refractivity contribution in [3.05, 3.63) is 0 Å². The molecule has 0 spiro atoms. The van der Waals surface area contributed by atoms with Gasteiger partial charge in [-0.25, -0.2) is 4.79 Å². The zero-order valence-corrected chi connectivity index (χ0v) is 9.37. The van der Waals surface area contributed by atoms with E-state index in [0.717, 1.165) is 50.9 Å². The molecule has 0 aliphatic carbocycles. The number of rotatable bonds is 0. The first-order chi connectivity index (χ1) is 7.31. The van der Waals surface area contributed by atoms with Crippen molar-refractivity contribution in [2.24, 2.45) is 11.8 Å². The van der Waals surface area contributed by atoms with Gasteiger partial charge in [-0.3, -0.25) is 0 Å². The van der Waals surface area contributed by atoms with Crippen molar-refractivity contribution in [2.75, 3.05) is 33.3 Å². The number of carbonyl (C=O) groups is 1. The number of methoxy groups -OCH3 is 1. The average molecular weight is 212 g/mol.